The fourth-order valence-corrected chi connectivity index (χ4v) is 4.51. The number of aromatic nitrogens is 2. The molecule has 172 valence electrons. The number of benzene rings is 2. The maximum atomic E-state index is 13.1. The highest BCUT2D eigenvalue weighted by atomic mass is 35.5. The van der Waals surface area contributed by atoms with Crippen LogP contribution in [0.3, 0.4) is 0 Å². The topological polar surface area (TPSA) is 105 Å². The Morgan fingerprint density at radius 1 is 1.15 bits per heavy atom. The van der Waals surface area contributed by atoms with Crippen molar-refractivity contribution in [2.24, 2.45) is 4.40 Å². The monoisotopic (exact) mass is 505 g/mol. The van der Waals surface area contributed by atoms with Gasteiger partial charge in [-0.25, -0.2) is 9.97 Å². The quantitative estimate of drug-likeness (QED) is 0.292. The Morgan fingerprint density at radius 3 is 2.55 bits per heavy atom. The number of nitrogens with one attached hydrogen (secondary N) is 1. The van der Waals surface area contributed by atoms with Crippen molar-refractivity contribution < 1.29 is 13.2 Å². The Morgan fingerprint density at radius 2 is 1.88 bits per heavy atom. The summed E-state index contributed by atoms with van der Waals surface area (Å²) in [6.45, 7) is 1.70. The third-order valence-electron chi connectivity index (χ3n) is 4.51. The van der Waals surface area contributed by atoms with Crippen LogP contribution in [-0.2, 0) is 21.2 Å². The van der Waals surface area contributed by atoms with E-state index in [0.29, 0.717) is 33.1 Å². The first-order chi connectivity index (χ1) is 15.6. The Bertz CT molecular complexity index is 1330. The van der Waals surface area contributed by atoms with E-state index in [9.17, 15) is 13.2 Å². The molecule has 0 radical (unpaired) electrons. The van der Waals surface area contributed by atoms with Gasteiger partial charge in [-0.3, -0.25) is 4.79 Å². The number of carbonyl (C=O) groups is 1. The molecule has 0 aliphatic heterocycles. The molecular weight excluding hydrogens is 485 g/mol. The van der Waals surface area contributed by atoms with Crippen LogP contribution >= 0.6 is 23.2 Å². The molecule has 0 atom stereocenters. The lowest BCUT2D eigenvalue weighted by molar-refractivity contribution is -0.115. The van der Waals surface area contributed by atoms with Crippen LogP contribution in [0.25, 0.3) is 11.1 Å². The molecule has 8 nitrogen and oxygen atoms in total. The van der Waals surface area contributed by atoms with Gasteiger partial charge >= 0.3 is 0 Å². The van der Waals surface area contributed by atoms with Gasteiger partial charge in [-0.2, -0.15) is 8.42 Å². The number of rotatable bonds is 7. The third kappa shape index (κ3) is 6.28. The summed E-state index contributed by atoms with van der Waals surface area (Å²) in [6, 6.07) is 11.5. The first-order valence-electron chi connectivity index (χ1n) is 9.70. The van der Waals surface area contributed by atoms with Gasteiger partial charge in [-0.1, -0.05) is 35.9 Å². The van der Waals surface area contributed by atoms with Gasteiger partial charge in [0.15, 0.2) is 0 Å². The second-order valence-corrected chi connectivity index (χ2v) is 9.67. The molecule has 0 fully saturated rings. The standard InChI is InChI=1S/C22H21Cl2N5O3S/c1-14-18(12-25-22(24)27-14)17-9-8-16(11-20(17)33(31,32)26-13-29(2)3)28-21(30)10-15-6-4-5-7-19(15)23/h4-9,11-13H,10H2,1-3H3,(H,28,30)/b26-13+. The van der Waals surface area contributed by atoms with E-state index in [1.165, 1.54) is 23.5 Å². The van der Waals surface area contributed by atoms with Crippen molar-refractivity contribution in [1.29, 1.82) is 0 Å². The molecule has 33 heavy (non-hydrogen) atoms. The van der Waals surface area contributed by atoms with Crippen molar-refractivity contribution >= 4 is 51.2 Å². The molecule has 1 heterocycles. The zero-order valence-corrected chi connectivity index (χ0v) is 20.4. The van der Waals surface area contributed by atoms with Crippen LogP contribution in [0.5, 0.6) is 0 Å². The summed E-state index contributed by atoms with van der Waals surface area (Å²) in [5.74, 6) is -0.345. The molecule has 2 aromatic carbocycles. The van der Waals surface area contributed by atoms with Crippen molar-refractivity contribution in [2.75, 3.05) is 19.4 Å². The van der Waals surface area contributed by atoms with Gasteiger partial charge in [-0.05, 0) is 42.3 Å². The van der Waals surface area contributed by atoms with Crippen LogP contribution in [0, 0.1) is 6.92 Å². The number of hydrogen-bond donors (Lipinski definition) is 1. The van der Waals surface area contributed by atoms with Crippen LogP contribution in [-0.4, -0.2) is 49.6 Å². The summed E-state index contributed by atoms with van der Waals surface area (Å²) >= 11 is 12.0. The van der Waals surface area contributed by atoms with E-state index in [0.717, 1.165) is 0 Å². The van der Waals surface area contributed by atoms with E-state index >= 15 is 0 Å². The normalized spacial score (nSPS) is 11.5. The summed E-state index contributed by atoms with van der Waals surface area (Å²) in [5.41, 5.74) is 2.27. The molecule has 0 saturated heterocycles. The Hall–Kier alpha value is -3.01. The second-order valence-electron chi connectivity index (χ2n) is 7.32. The number of sulfonamides is 1. The van der Waals surface area contributed by atoms with E-state index < -0.39 is 10.0 Å². The van der Waals surface area contributed by atoms with Crippen LogP contribution in [0.1, 0.15) is 11.3 Å². The molecule has 11 heteroatoms. The van der Waals surface area contributed by atoms with Crippen molar-refractivity contribution in [3.63, 3.8) is 0 Å². The first kappa shape index (κ1) is 24.6. The van der Waals surface area contributed by atoms with Gasteiger partial charge < -0.3 is 10.2 Å². The van der Waals surface area contributed by atoms with E-state index in [-0.39, 0.29) is 22.5 Å². The molecule has 0 spiro atoms. The number of carbonyl (C=O) groups excluding carboxylic acids is 1. The smallest absolute Gasteiger partial charge is 0.284 e. The van der Waals surface area contributed by atoms with E-state index in [2.05, 4.69) is 19.7 Å². The Labute approximate surface area is 202 Å². The predicted octanol–water partition coefficient (Wildman–Crippen LogP) is 4.22. The molecule has 0 bridgehead atoms. The van der Waals surface area contributed by atoms with Crippen molar-refractivity contribution in [2.45, 2.75) is 18.2 Å². The number of anilines is 1. The maximum absolute atomic E-state index is 13.1. The fraction of sp³-hybridized carbons (Fsp3) is 0.182. The molecule has 1 amide bonds. The van der Waals surface area contributed by atoms with Gasteiger partial charge in [0.2, 0.25) is 11.2 Å². The fourth-order valence-electron chi connectivity index (χ4n) is 2.97. The first-order valence-corrected chi connectivity index (χ1v) is 11.9. The number of halogens is 2. The highest BCUT2D eigenvalue weighted by molar-refractivity contribution is 7.90. The molecule has 1 aromatic heterocycles. The summed E-state index contributed by atoms with van der Waals surface area (Å²) < 4.78 is 29.9. The average molecular weight is 506 g/mol. The highest BCUT2D eigenvalue weighted by Crippen LogP contribution is 2.32. The zero-order valence-electron chi connectivity index (χ0n) is 18.1. The lowest BCUT2D eigenvalue weighted by Gasteiger charge is -2.13. The highest BCUT2D eigenvalue weighted by Gasteiger charge is 2.22. The lowest BCUT2D eigenvalue weighted by Crippen LogP contribution is -2.15. The van der Waals surface area contributed by atoms with Crippen molar-refractivity contribution in [3.8, 4) is 11.1 Å². The van der Waals surface area contributed by atoms with Crippen LogP contribution in [0.4, 0.5) is 5.69 Å². The Balaban J connectivity index is 2.02. The number of amides is 1. The summed E-state index contributed by atoms with van der Waals surface area (Å²) in [5, 5.41) is 3.25. The van der Waals surface area contributed by atoms with Gasteiger partial charge in [0.25, 0.3) is 10.0 Å². The summed E-state index contributed by atoms with van der Waals surface area (Å²) in [4.78, 5) is 22.0. The third-order valence-corrected chi connectivity index (χ3v) is 6.33. The molecule has 1 N–H and O–H groups in total. The molecule has 0 aliphatic carbocycles. The Kier molecular flexibility index (Phi) is 7.68. The number of hydrogen-bond acceptors (Lipinski definition) is 5. The summed E-state index contributed by atoms with van der Waals surface area (Å²) in [6.07, 6.45) is 2.67. The predicted molar refractivity (Wildman–Crippen MR) is 130 cm³/mol. The molecule has 3 rings (SSSR count). The molecule has 3 aromatic rings. The lowest BCUT2D eigenvalue weighted by atomic mass is 10.1. The van der Waals surface area contributed by atoms with Gasteiger partial charge in [0, 0.05) is 42.1 Å². The average Bonchev–Trinajstić information content (AvgIpc) is 2.74. The van der Waals surface area contributed by atoms with Crippen LogP contribution < -0.4 is 5.32 Å². The molecule has 0 aliphatic rings. The molecule has 0 unspecified atom stereocenters. The molecule has 0 saturated carbocycles. The van der Waals surface area contributed by atoms with E-state index in [1.807, 2.05) is 0 Å². The number of nitrogens with zero attached hydrogens (tertiary/aromatic N) is 4. The van der Waals surface area contributed by atoms with E-state index in [1.54, 1.807) is 57.4 Å². The van der Waals surface area contributed by atoms with Gasteiger partial charge in [0.1, 0.15) is 6.34 Å². The van der Waals surface area contributed by atoms with Crippen molar-refractivity contribution in [3.05, 3.63) is 70.2 Å². The maximum Gasteiger partial charge on any atom is 0.284 e. The van der Waals surface area contributed by atoms with E-state index in [4.69, 9.17) is 23.2 Å². The van der Waals surface area contributed by atoms with Crippen LogP contribution in [0.2, 0.25) is 10.3 Å². The van der Waals surface area contributed by atoms with Crippen LogP contribution in [0.15, 0.2) is 58.0 Å². The number of aryl methyl sites for hydroxylation is 1. The minimum atomic E-state index is -4.12. The second kappa shape index (κ2) is 10.3. The SMILES string of the molecule is Cc1nc(Cl)ncc1-c1ccc(NC(=O)Cc2ccccc2Cl)cc1S(=O)(=O)/N=C/N(C)C. The van der Waals surface area contributed by atoms with Gasteiger partial charge in [-0.15, -0.1) is 4.40 Å². The van der Waals surface area contributed by atoms with Crippen molar-refractivity contribution in [1.82, 2.24) is 14.9 Å². The largest absolute Gasteiger partial charge is 0.368 e. The zero-order chi connectivity index (χ0) is 24.2. The molecular formula is C22H21Cl2N5O3S. The minimum Gasteiger partial charge on any atom is -0.368 e. The minimum absolute atomic E-state index is 0.0341. The van der Waals surface area contributed by atoms with Gasteiger partial charge in [0.05, 0.1) is 17.0 Å². The summed E-state index contributed by atoms with van der Waals surface area (Å²) in [7, 11) is -0.808.